The third-order valence-corrected chi connectivity index (χ3v) is 4.04. The smallest absolute Gasteiger partial charge is 0.239 e. The highest BCUT2D eigenvalue weighted by Crippen LogP contribution is 2.17. The molecule has 1 aliphatic heterocycles. The first-order chi connectivity index (χ1) is 10.1. The molecule has 1 heterocycles. The van der Waals surface area contributed by atoms with Crippen molar-refractivity contribution in [1.82, 2.24) is 4.90 Å². The summed E-state index contributed by atoms with van der Waals surface area (Å²) in [6.07, 6.45) is 2.96. The first kappa shape index (κ1) is 15.5. The number of amides is 2. The number of hydrogen-bond acceptors (Lipinski definition) is 3. The van der Waals surface area contributed by atoms with Gasteiger partial charge in [0.05, 0.1) is 12.0 Å². The fourth-order valence-electron chi connectivity index (χ4n) is 2.73. The van der Waals surface area contributed by atoms with Crippen LogP contribution in [0.15, 0.2) is 30.3 Å². The maximum Gasteiger partial charge on any atom is 0.239 e. The zero-order valence-electron chi connectivity index (χ0n) is 12.2. The van der Waals surface area contributed by atoms with Gasteiger partial charge in [0.2, 0.25) is 11.8 Å². The number of likely N-dealkylation sites (tertiary alicyclic amines) is 1. The van der Waals surface area contributed by atoms with Crippen molar-refractivity contribution in [3.05, 3.63) is 35.9 Å². The first-order valence-electron chi connectivity index (χ1n) is 7.45. The summed E-state index contributed by atoms with van der Waals surface area (Å²) >= 11 is 0. The second kappa shape index (κ2) is 7.22. The Labute approximate surface area is 125 Å². The molecule has 21 heavy (non-hydrogen) atoms. The van der Waals surface area contributed by atoms with E-state index in [1.165, 1.54) is 5.56 Å². The number of primary amides is 1. The highest BCUT2D eigenvalue weighted by molar-refractivity contribution is 5.83. The van der Waals surface area contributed by atoms with Crippen molar-refractivity contribution in [1.29, 1.82) is 0 Å². The molecule has 1 saturated heterocycles. The van der Waals surface area contributed by atoms with Gasteiger partial charge < -0.3 is 16.4 Å². The molecule has 0 aliphatic carbocycles. The van der Waals surface area contributed by atoms with Crippen LogP contribution in [0, 0.1) is 5.92 Å². The van der Waals surface area contributed by atoms with Crippen molar-refractivity contribution >= 4 is 11.8 Å². The van der Waals surface area contributed by atoms with E-state index in [4.69, 9.17) is 11.5 Å². The summed E-state index contributed by atoms with van der Waals surface area (Å²) in [5.74, 6) is -0.633. The standard InChI is InChI=1S/C16H23N3O2/c17-14(9-8-12-5-2-1-3-6-12)16(21)19-10-4-7-13(11-19)15(18)20/h1-3,5-6,13-14H,4,7-11,17H2,(H2,18,20)/t13?,14-/m0/s1. The SMILES string of the molecule is NC(=O)C1CCCN(C(=O)[C@@H](N)CCc2ccccc2)C1. The average molecular weight is 289 g/mol. The number of rotatable bonds is 5. The summed E-state index contributed by atoms with van der Waals surface area (Å²) in [5.41, 5.74) is 12.5. The molecule has 5 nitrogen and oxygen atoms in total. The first-order valence-corrected chi connectivity index (χ1v) is 7.45. The minimum Gasteiger partial charge on any atom is -0.369 e. The van der Waals surface area contributed by atoms with E-state index < -0.39 is 6.04 Å². The van der Waals surface area contributed by atoms with Crippen molar-refractivity contribution in [3.63, 3.8) is 0 Å². The minimum absolute atomic E-state index is 0.0723. The predicted molar refractivity (Wildman–Crippen MR) is 81.2 cm³/mol. The Morgan fingerprint density at radius 3 is 2.67 bits per heavy atom. The summed E-state index contributed by atoms with van der Waals surface area (Å²) in [5, 5.41) is 0. The van der Waals surface area contributed by atoms with E-state index in [0.29, 0.717) is 19.5 Å². The van der Waals surface area contributed by atoms with Crippen LogP contribution in [-0.4, -0.2) is 35.8 Å². The number of aryl methyl sites for hydroxylation is 1. The van der Waals surface area contributed by atoms with Crippen molar-refractivity contribution in [2.24, 2.45) is 17.4 Å². The van der Waals surface area contributed by atoms with Crippen LogP contribution >= 0.6 is 0 Å². The third-order valence-electron chi connectivity index (χ3n) is 4.04. The van der Waals surface area contributed by atoms with Gasteiger partial charge in [-0.2, -0.15) is 0 Å². The normalized spacial score (nSPS) is 20.0. The van der Waals surface area contributed by atoms with Gasteiger partial charge in [-0.1, -0.05) is 30.3 Å². The van der Waals surface area contributed by atoms with Crippen molar-refractivity contribution in [3.8, 4) is 0 Å². The van der Waals surface area contributed by atoms with E-state index in [2.05, 4.69) is 0 Å². The zero-order valence-corrected chi connectivity index (χ0v) is 12.2. The maximum atomic E-state index is 12.3. The number of nitrogens with zero attached hydrogens (tertiary/aromatic N) is 1. The van der Waals surface area contributed by atoms with Crippen LogP contribution in [0.5, 0.6) is 0 Å². The quantitative estimate of drug-likeness (QED) is 0.835. The number of carbonyl (C=O) groups excluding carboxylic acids is 2. The maximum absolute atomic E-state index is 12.3. The van der Waals surface area contributed by atoms with E-state index in [0.717, 1.165) is 19.3 Å². The molecule has 0 saturated carbocycles. The summed E-state index contributed by atoms with van der Waals surface area (Å²) in [6.45, 7) is 1.08. The lowest BCUT2D eigenvalue weighted by Gasteiger charge is -2.33. The molecule has 0 bridgehead atoms. The average Bonchev–Trinajstić information content (AvgIpc) is 2.53. The van der Waals surface area contributed by atoms with Gasteiger partial charge in [-0.3, -0.25) is 9.59 Å². The van der Waals surface area contributed by atoms with Crippen LogP contribution in [0.4, 0.5) is 0 Å². The monoisotopic (exact) mass is 289 g/mol. The Balaban J connectivity index is 1.85. The zero-order chi connectivity index (χ0) is 15.2. The van der Waals surface area contributed by atoms with Crippen molar-refractivity contribution in [2.45, 2.75) is 31.7 Å². The Bertz CT molecular complexity index is 490. The molecule has 1 aliphatic rings. The van der Waals surface area contributed by atoms with Gasteiger partial charge in [0.15, 0.2) is 0 Å². The lowest BCUT2D eigenvalue weighted by molar-refractivity contribution is -0.136. The van der Waals surface area contributed by atoms with Gasteiger partial charge >= 0.3 is 0 Å². The van der Waals surface area contributed by atoms with Gasteiger partial charge in [0.1, 0.15) is 0 Å². The number of nitrogens with two attached hydrogens (primary N) is 2. The van der Waals surface area contributed by atoms with Crippen LogP contribution in [0.25, 0.3) is 0 Å². The molecule has 2 rings (SSSR count). The van der Waals surface area contributed by atoms with Crippen molar-refractivity contribution < 1.29 is 9.59 Å². The van der Waals surface area contributed by atoms with E-state index in [-0.39, 0.29) is 17.7 Å². The van der Waals surface area contributed by atoms with Crippen LogP contribution in [0.2, 0.25) is 0 Å². The van der Waals surface area contributed by atoms with Gasteiger partial charge in [0, 0.05) is 13.1 Å². The highest BCUT2D eigenvalue weighted by Gasteiger charge is 2.29. The van der Waals surface area contributed by atoms with E-state index in [1.54, 1.807) is 4.90 Å². The molecule has 1 aromatic carbocycles. The van der Waals surface area contributed by atoms with Crippen LogP contribution < -0.4 is 11.5 Å². The molecule has 2 amide bonds. The van der Waals surface area contributed by atoms with E-state index >= 15 is 0 Å². The summed E-state index contributed by atoms with van der Waals surface area (Å²) < 4.78 is 0. The second-order valence-electron chi connectivity index (χ2n) is 5.66. The number of carbonyl (C=O) groups is 2. The molecule has 4 N–H and O–H groups in total. The minimum atomic E-state index is -0.517. The molecule has 0 radical (unpaired) electrons. The predicted octanol–water partition coefficient (Wildman–Crippen LogP) is 0.670. The lowest BCUT2D eigenvalue weighted by Crippen LogP contribution is -2.50. The second-order valence-corrected chi connectivity index (χ2v) is 5.66. The Morgan fingerprint density at radius 2 is 2.00 bits per heavy atom. The molecule has 0 aromatic heterocycles. The van der Waals surface area contributed by atoms with Crippen LogP contribution in [-0.2, 0) is 16.0 Å². The number of piperidine rings is 1. The third kappa shape index (κ3) is 4.29. The summed E-state index contributed by atoms with van der Waals surface area (Å²) in [4.78, 5) is 25.3. The van der Waals surface area contributed by atoms with Crippen molar-refractivity contribution in [2.75, 3.05) is 13.1 Å². The molecule has 114 valence electrons. The van der Waals surface area contributed by atoms with E-state index in [9.17, 15) is 9.59 Å². The number of hydrogen-bond donors (Lipinski definition) is 2. The molecule has 1 aromatic rings. The molecule has 1 unspecified atom stereocenters. The topological polar surface area (TPSA) is 89.4 Å². The molecule has 1 fully saturated rings. The summed E-state index contributed by atoms with van der Waals surface area (Å²) in [7, 11) is 0. The van der Waals surface area contributed by atoms with Crippen LogP contribution in [0.3, 0.4) is 0 Å². The molecule has 0 spiro atoms. The fourth-order valence-corrected chi connectivity index (χ4v) is 2.73. The number of benzene rings is 1. The van der Waals surface area contributed by atoms with Gasteiger partial charge in [0.25, 0.3) is 0 Å². The Hall–Kier alpha value is -1.88. The molecular formula is C16H23N3O2. The Kier molecular flexibility index (Phi) is 5.33. The Morgan fingerprint density at radius 1 is 1.29 bits per heavy atom. The lowest BCUT2D eigenvalue weighted by atomic mass is 9.96. The summed E-state index contributed by atoms with van der Waals surface area (Å²) in [6, 6.07) is 9.46. The molecular weight excluding hydrogens is 266 g/mol. The van der Waals surface area contributed by atoms with Gasteiger partial charge in [-0.15, -0.1) is 0 Å². The van der Waals surface area contributed by atoms with E-state index in [1.807, 2.05) is 30.3 Å². The molecule has 2 atom stereocenters. The van der Waals surface area contributed by atoms with Crippen LogP contribution in [0.1, 0.15) is 24.8 Å². The largest absolute Gasteiger partial charge is 0.369 e. The van der Waals surface area contributed by atoms with Gasteiger partial charge in [-0.25, -0.2) is 0 Å². The molecule has 5 heteroatoms. The highest BCUT2D eigenvalue weighted by atomic mass is 16.2. The fraction of sp³-hybridized carbons (Fsp3) is 0.500. The van der Waals surface area contributed by atoms with Gasteiger partial charge in [-0.05, 0) is 31.2 Å².